The summed E-state index contributed by atoms with van der Waals surface area (Å²) in [6, 6.07) is 6.28. The van der Waals surface area contributed by atoms with Gasteiger partial charge in [0.25, 0.3) is 0 Å². The van der Waals surface area contributed by atoms with Crippen LogP contribution in [0.3, 0.4) is 0 Å². The van der Waals surface area contributed by atoms with E-state index < -0.39 is 12.2 Å². The molecule has 19 heavy (non-hydrogen) atoms. The zero-order valence-corrected chi connectivity index (χ0v) is 10.6. The number of amides is 1. The van der Waals surface area contributed by atoms with Gasteiger partial charge < -0.3 is 15.2 Å². The molecule has 1 aliphatic heterocycles. The second kappa shape index (κ2) is 5.81. The number of nitrogens with one attached hydrogen (secondary N) is 1. The van der Waals surface area contributed by atoms with Crippen LogP contribution in [0, 0.1) is 0 Å². The van der Waals surface area contributed by atoms with Gasteiger partial charge in [-0.25, -0.2) is 4.79 Å². The average Bonchev–Trinajstić information content (AvgIpc) is 2.40. The Balaban J connectivity index is 2.30. The Morgan fingerprint density at radius 2 is 2.26 bits per heavy atom. The number of carboxylic acids is 1. The van der Waals surface area contributed by atoms with Crippen LogP contribution >= 0.6 is 0 Å². The first-order valence-electron chi connectivity index (χ1n) is 6.05. The molecule has 0 saturated carbocycles. The van der Waals surface area contributed by atoms with Crippen LogP contribution in [0.4, 0.5) is 5.69 Å². The van der Waals surface area contributed by atoms with E-state index in [1.165, 1.54) is 24.0 Å². The molecule has 0 spiro atoms. The number of carbonyl (C=O) groups excluding carboxylic acids is 1. The highest BCUT2D eigenvalue weighted by Gasteiger charge is 2.25. The van der Waals surface area contributed by atoms with Gasteiger partial charge in [0.15, 0.2) is 0 Å². The second-order valence-electron chi connectivity index (χ2n) is 4.27. The number of carbonyl (C=O) groups is 2. The van der Waals surface area contributed by atoms with Crippen LogP contribution in [0.15, 0.2) is 24.3 Å². The lowest BCUT2D eigenvalue weighted by Crippen LogP contribution is -2.51. The minimum absolute atomic E-state index is 0.146. The number of hydrogen-bond donors (Lipinski definition) is 2. The molecule has 102 valence electrons. The Morgan fingerprint density at radius 3 is 2.84 bits per heavy atom. The van der Waals surface area contributed by atoms with Crippen molar-refractivity contribution in [1.29, 1.82) is 0 Å². The lowest BCUT2D eigenvalue weighted by molar-refractivity contribution is -0.119. The Bertz CT molecular complexity index is 483. The summed E-state index contributed by atoms with van der Waals surface area (Å²) < 4.78 is 5.55. The third-order valence-electron chi connectivity index (χ3n) is 2.91. The molecule has 0 aliphatic carbocycles. The Labute approximate surface area is 111 Å². The number of carboxylic acid groups (broad SMARTS) is 1. The molecule has 1 aromatic rings. The highest BCUT2D eigenvalue weighted by Crippen LogP contribution is 2.20. The fourth-order valence-electron chi connectivity index (χ4n) is 2.06. The zero-order valence-electron chi connectivity index (χ0n) is 10.6. The highest BCUT2D eigenvalue weighted by atomic mass is 16.5. The summed E-state index contributed by atoms with van der Waals surface area (Å²) in [5.41, 5.74) is 0.675. The molecule has 1 heterocycles. The van der Waals surface area contributed by atoms with Crippen molar-refractivity contribution < 1.29 is 19.4 Å². The average molecular weight is 264 g/mol. The van der Waals surface area contributed by atoms with Crippen LogP contribution in [0.1, 0.15) is 17.3 Å². The normalized spacial score (nSPS) is 18.9. The number of hydrogen-bond acceptors (Lipinski definition) is 4. The van der Waals surface area contributed by atoms with Gasteiger partial charge in [-0.05, 0) is 18.2 Å². The molecular formula is C13H16N2O4. The first-order chi connectivity index (χ1) is 9.09. The third kappa shape index (κ3) is 3.10. The van der Waals surface area contributed by atoms with Crippen molar-refractivity contribution in [3.8, 4) is 0 Å². The summed E-state index contributed by atoms with van der Waals surface area (Å²) in [5.74, 6) is -1.20. The monoisotopic (exact) mass is 264 g/mol. The van der Waals surface area contributed by atoms with E-state index in [-0.39, 0.29) is 11.5 Å². The molecule has 1 saturated heterocycles. The summed E-state index contributed by atoms with van der Waals surface area (Å²) in [4.78, 5) is 24.2. The largest absolute Gasteiger partial charge is 0.478 e. The molecule has 2 rings (SSSR count). The van der Waals surface area contributed by atoms with Gasteiger partial charge in [0.1, 0.15) is 6.23 Å². The Kier molecular flexibility index (Phi) is 4.13. The van der Waals surface area contributed by atoms with Crippen molar-refractivity contribution in [2.24, 2.45) is 0 Å². The van der Waals surface area contributed by atoms with E-state index >= 15 is 0 Å². The van der Waals surface area contributed by atoms with Crippen molar-refractivity contribution >= 4 is 17.6 Å². The van der Waals surface area contributed by atoms with Crippen molar-refractivity contribution in [1.82, 2.24) is 5.32 Å². The molecule has 6 heteroatoms. The fourth-order valence-corrected chi connectivity index (χ4v) is 2.06. The summed E-state index contributed by atoms with van der Waals surface area (Å²) >= 11 is 0. The molecule has 1 fully saturated rings. The predicted molar refractivity (Wildman–Crippen MR) is 69.2 cm³/mol. The van der Waals surface area contributed by atoms with E-state index in [0.29, 0.717) is 18.8 Å². The topological polar surface area (TPSA) is 78.9 Å². The number of ether oxygens (including phenoxy) is 1. The summed E-state index contributed by atoms with van der Waals surface area (Å²) in [6.07, 6.45) is -0.407. The molecule has 1 aliphatic rings. The quantitative estimate of drug-likeness (QED) is 0.839. The van der Waals surface area contributed by atoms with E-state index in [1.54, 1.807) is 12.1 Å². The number of anilines is 1. The molecule has 1 aromatic carbocycles. The van der Waals surface area contributed by atoms with Gasteiger partial charge in [0, 0.05) is 25.7 Å². The summed E-state index contributed by atoms with van der Waals surface area (Å²) in [5, 5.41) is 12.1. The number of aromatic carboxylic acids is 1. The third-order valence-corrected chi connectivity index (χ3v) is 2.91. The number of nitrogens with zero attached hydrogens (tertiary/aromatic N) is 1. The number of rotatable bonds is 3. The van der Waals surface area contributed by atoms with Gasteiger partial charge in [0.05, 0.1) is 12.2 Å². The molecule has 1 unspecified atom stereocenters. The minimum atomic E-state index is -1.02. The molecule has 1 amide bonds. The smallest absolute Gasteiger partial charge is 0.335 e. The van der Waals surface area contributed by atoms with Crippen molar-refractivity contribution in [3.05, 3.63) is 29.8 Å². The van der Waals surface area contributed by atoms with Gasteiger partial charge in [-0.2, -0.15) is 0 Å². The van der Waals surface area contributed by atoms with Crippen LogP contribution in [-0.2, 0) is 9.53 Å². The molecular weight excluding hydrogens is 248 g/mol. The predicted octanol–water partition coefficient (Wildman–Crippen LogP) is 0.684. The van der Waals surface area contributed by atoms with Crippen molar-refractivity contribution in [2.45, 2.75) is 13.2 Å². The van der Waals surface area contributed by atoms with Gasteiger partial charge in [-0.15, -0.1) is 0 Å². The first-order valence-corrected chi connectivity index (χ1v) is 6.05. The summed E-state index contributed by atoms with van der Waals surface area (Å²) in [7, 11) is 0. The van der Waals surface area contributed by atoms with Crippen LogP contribution in [0.25, 0.3) is 0 Å². The molecule has 0 bridgehead atoms. The Hall–Kier alpha value is -1.92. The van der Waals surface area contributed by atoms with Crippen molar-refractivity contribution in [2.75, 3.05) is 24.6 Å². The molecule has 2 N–H and O–H groups in total. The van der Waals surface area contributed by atoms with Crippen molar-refractivity contribution in [3.63, 3.8) is 0 Å². The van der Waals surface area contributed by atoms with E-state index in [9.17, 15) is 9.59 Å². The molecule has 1 atom stereocenters. The van der Waals surface area contributed by atoms with E-state index in [2.05, 4.69) is 5.32 Å². The van der Waals surface area contributed by atoms with Gasteiger partial charge >= 0.3 is 5.97 Å². The highest BCUT2D eigenvalue weighted by molar-refractivity contribution is 5.94. The van der Waals surface area contributed by atoms with Crippen LogP contribution < -0.4 is 10.2 Å². The minimum Gasteiger partial charge on any atom is -0.478 e. The zero-order chi connectivity index (χ0) is 13.8. The van der Waals surface area contributed by atoms with E-state index in [0.717, 1.165) is 6.54 Å². The lowest BCUT2D eigenvalue weighted by atomic mass is 10.2. The van der Waals surface area contributed by atoms with Gasteiger partial charge in [-0.1, -0.05) is 6.07 Å². The van der Waals surface area contributed by atoms with Crippen LogP contribution in [0.5, 0.6) is 0 Å². The maximum atomic E-state index is 11.8. The SMILES string of the molecule is CC(=O)N(c1cccc(C(=O)O)c1)C1CNCCO1. The summed E-state index contributed by atoms with van der Waals surface area (Å²) in [6.45, 7) is 3.23. The molecule has 0 radical (unpaired) electrons. The number of benzene rings is 1. The van der Waals surface area contributed by atoms with E-state index in [4.69, 9.17) is 9.84 Å². The maximum absolute atomic E-state index is 11.8. The molecule has 6 nitrogen and oxygen atoms in total. The fraction of sp³-hybridized carbons (Fsp3) is 0.385. The van der Waals surface area contributed by atoms with Crippen LogP contribution in [-0.4, -0.2) is 42.9 Å². The Morgan fingerprint density at radius 1 is 1.47 bits per heavy atom. The van der Waals surface area contributed by atoms with Crippen LogP contribution in [0.2, 0.25) is 0 Å². The molecule has 0 aromatic heterocycles. The van der Waals surface area contributed by atoms with Gasteiger partial charge in [0.2, 0.25) is 5.91 Å². The standard InChI is InChI=1S/C13H16N2O4/c1-9(16)15(12-8-14-5-6-19-12)11-4-2-3-10(7-11)13(17)18/h2-4,7,12,14H,5-6,8H2,1H3,(H,17,18). The number of morpholine rings is 1. The maximum Gasteiger partial charge on any atom is 0.335 e. The van der Waals surface area contributed by atoms with Gasteiger partial charge in [-0.3, -0.25) is 9.69 Å². The first kappa shape index (κ1) is 13.5. The van der Waals surface area contributed by atoms with E-state index in [1.807, 2.05) is 0 Å². The lowest BCUT2D eigenvalue weighted by Gasteiger charge is -2.34. The second-order valence-corrected chi connectivity index (χ2v) is 4.27.